The lowest BCUT2D eigenvalue weighted by Crippen LogP contribution is -2.45. The van der Waals surface area contributed by atoms with Crippen LogP contribution >= 0.6 is 11.3 Å². The van der Waals surface area contributed by atoms with Crippen LogP contribution in [0.4, 0.5) is 0 Å². The highest BCUT2D eigenvalue weighted by molar-refractivity contribution is 7.89. The lowest BCUT2D eigenvalue weighted by atomic mass is 9.99. The minimum atomic E-state index is -3.73. The number of aliphatic hydroxyl groups is 1. The number of thiophene rings is 1. The maximum absolute atomic E-state index is 12.6. The third-order valence-electron chi connectivity index (χ3n) is 3.44. The Morgan fingerprint density at radius 1 is 1.55 bits per heavy atom. The molecule has 0 radical (unpaired) electrons. The van der Waals surface area contributed by atoms with E-state index in [9.17, 15) is 18.3 Å². The number of aliphatic hydroxyl groups excluding tert-OH is 1. The molecule has 0 spiro atoms. The SMILES string of the molecule is COC(=O)c1sccc1S(=O)(=O)N1CCC(O)C(C)C1. The molecule has 0 bridgehead atoms. The quantitative estimate of drug-likeness (QED) is 0.838. The zero-order chi connectivity index (χ0) is 14.9. The van der Waals surface area contributed by atoms with E-state index >= 15 is 0 Å². The van der Waals surface area contributed by atoms with Crippen LogP contribution in [0.15, 0.2) is 16.3 Å². The van der Waals surface area contributed by atoms with Crippen molar-refractivity contribution in [3.05, 3.63) is 16.3 Å². The van der Waals surface area contributed by atoms with E-state index < -0.39 is 22.1 Å². The Kier molecular flexibility index (Phi) is 4.48. The summed E-state index contributed by atoms with van der Waals surface area (Å²) < 4.78 is 31.1. The van der Waals surface area contributed by atoms with Crippen LogP contribution in [0.1, 0.15) is 23.0 Å². The number of nitrogens with zero attached hydrogens (tertiary/aromatic N) is 1. The zero-order valence-corrected chi connectivity index (χ0v) is 12.9. The number of sulfonamides is 1. The van der Waals surface area contributed by atoms with Gasteiger partial charge in [0.2, 0.25) is 10.0 Å². The van der Waals surface area contributed by atoms with Crippen molar-refractivity contribution in [2.45, 2.75) is 24.3 Å². The summed E-state index contributed by atoms with van der Waals surface area (Å²) in [7, 11) is -2.51. The standard InChI is InChI=1S/C12H17NO5S2/c1-8-7-13(5-3-9(8)14)20(16,17)10-4-6-19-11(10)12(15)18-2/h4,6,8-9,14H,3,5,7H2,1-2H3. The predicted molar refractivity (Wildman–Crippen MR) is 74.2 cm³/mol. The number of hydrogen-bond acceptors (Lipinski definition) is 6. The minimum absolute atomic E-state index is 0.0158. The fourth-order valence-electron chi connectivity index (χ4n) is 2.19. The molecule has 2 heterocycles. The van der Waals surface area contributed by atoms with Gasteiger partial charge in [0, 0.05) is 13.1 Å². The first-order chi connectivity index (χ1) is 9.37. The molecule has 0 amide bonds. The van der Waals surface area contributed by atoms with E-state index in [-0.39, 0.29) is 28.8 Å². The van der Waals surface area contributed by atoms with Gasteiger partial charge in [-0.1, -0.05) is 6.92 Å². The second kappa shape index (κ2) is 5.80. The van der Waals surface area contributed by atoms with Crippen molar-refractivity contribution in [1.82, 2.24) is 4.31 Å². The Hall–Kier alpha value is -0.960. The molecule has 1 aromatic rings. The molecule has 6 nitrogen and oxygen atoms in total. The molecule has 1 N–H and O–H groups in total. The summed E-state index contributed by atoms with van der Waals surface area (Å²) in [4.78, 5) is 11.7. The molecule has 1 aliphatic rings. The van der Waals surface area contributed by atoms with Crippen LogP contribution in [0.25, 0.3) is 0 Å². The maximum Gasteiger partial charge on any atom is 0.349 e. The van der Waals surface area contributed by atoms with Gasteiger partial charge in [0.1, 0.15) is 9.77 Å². The molecule has 2 rings (SSSR count). The van der Waals surface area contributed by atoms with E-state index in [0.717, 1.165) is 11.3 Å². The Balaban J connectivity index is 2.32. The molecule has 1 fully saturated rings. The number of piperidine rings is 1. The number of esters is 1. The van der Waals surface area contributed by atoms with E-state index in [2.05, 4.69) is 4.74 Å². The molecule has 2 unspecified atom stereocenters. The molecule has 1 aliphatic heterocycles. The highest BCUT2D eigenvalue weighted by atomic mass is 32.2. The van der Waals surface area contributed by atoms with Gasteiger partial charge in [0.25, 0.3) is 0 Å². The lowest BCUT2D eigenvalue weighted by molar-refractivity contribution is 0.0594. The third kappa shape index (κ3) is 2.73. The van der Waals surface area contributed by atoms with Gasteiger partial charge in [-0.15, -0.1) is 11.3 Å². The van der Waals surface area contributed by atoms with Gasteiger partial charge in [-0.3, -0.25) is 0 Å². The number of rotatable bonds is 3. The Morgan fingerprint density at radius 2 is 2.25 bits per heavy atom. The summed E-state index contributed by atoms with van der Waals surface area (Å²) in [6.07, 6.45) is -0.0815. The Morgan fingerprint density at radius 3 is 2.85 bits per heavy atom. The highest BCUT2D eigenvalue weighted by Crippen LogP contribution is 2.29. The second-order valence-electron chi connectivity index (χ2n) is 4.80. The summed E-state index contributed by atoms with van der Waals surface area (Å²) in [5, 5.41) is 11.2. The van der Waals surface area contributed by atoms with Crippen molar-refractivity contribution < 1.29 is 23.1 Å². The van der Waals surface area contributed by atoms with Gasteiger partial charge in [-0.25, -0.2) is 13.2 Å². The topological polar surface area (TPSA) is 83.9 Å². The third-order valence-corrected chi connectivity index (χ3v) is 6.37. The fourth-order valence-corrected chi connectivity index (χ4v) is 5.06. The van der Waals surface area contributed by atoms with E-state index in [4.69, 9.17) is 0 Å². The number of ether oxygens (including phenoxy) is 1. The number of carbonyl (C=O) groups excluding carboxylic acids is 1. The average molecular weight is 319 g/mol. The first-order valence-electron chi connectivity index (χ1n) is 6.22. The first-order valence-corrected chi connectivity index (χ1v) is 8.54. The number of methoxy groups -OCH3 is 1. The van der Waals surface area contributed by atoms with Gasteiger partial charge in [-0.2, -0.15) is 4.31 Å². The maximum atomic E-state index is 12.6. The number of carbonyl (C=O) groups is 1. The van der Waals surface area contributed by atoms with Crippen molar-refractivity contribution >= 4 is 27.3 Å². The summed E-state index contributed by atoms with van der Waals surface area (Å²) in [5.41, 5.74) is 0. The largest absolute Gasteiger partial charge is 0.465 e. The van der Waals surface area contributed by atoms with Crippen molar-refractivity contribution in [3.8, 4) is 0 Å². The molecule has 0 aromatic carbocycles. The Bertz CT molecular complexity index is 595. The monoisotopic (exact) mass is 319 g/mol. The molecule has 8 heteroatoms. The first kappa shape index (κ1) is 15.4. The second-order valence-corrected chi connectivity index (χ2v) is 7.62. The van der Waals surface area contributed by atoms with Gasteiger partial charge in [0.05, 0.1) is 13.2 Å². The van der Waals surface area contributed by atoms with Crippen LogP contribution in [0.5, 0.6) is 0 Å². The Labute approximate surface area is 122 Å². The highest BCUT2D eigenvalue weighted by Gasteiger charge is 2.35. The minimum Gasteiger partial charge on any atom is -0.465 e. The average Bonchev–Trinajstić information content (AvgIpc) is 2.90. The molecule has 112 valence electrons. The lowest BCUT2D eigenvalue weighted by Gasteiger charge is -2.33. The molecular formula is C12H17NO5S2. The molecule has 1 aromatic heterocycles. The van der Waals surface area contributed by atoms with Crippen molar-refractivity contribution in [3.63, 3.8) is 0 Å². The molecule has 0 aliphatic carbocycles. The predicted octanol–water partition coefficient (Wildman–Crippen LogP) is 0.926. The van der Waals surface area contributed by atoms with Gasteiger partial charge in [0.15, 0.2) is 0 Å². The molecule has 20 heavy (non-hydrogen) atoms. The molecule has 2 atom stereocenters. The van der Waals surface area contributed by atoms with Crippen molar-refractivity contribution in [2.75, 3.05) is 20.2 Å². The van der Waals surface area contributed by atoms with Gasteiger partial charge < -0.3 is 9.84 Å². The molecule has 0 saturated carbocycles. The summed E-state index contributed by atoms with van der Waals surface area (Å²) in [6.45, 7) is 2.31. The normalized spacial score (nSPS) is 24.6. The van der Waals surface area contributed by atoms with E-state index in [0.29, 0.717) is 6.42 Å². The van der Waals surface area contributed by atoms with Gasteiger partial charge in [-0.05, 0) is 23.8 Å². The number of hydrogen-bond donors (Lipinski definition) is 1. The van der Waals surface area contributed by atoms with Crippen molar-refractivity contribution in [2.24, 2.45) is 5.92 Å². The van der Waals surface area contributed by atoms with Crippen LogP contribution in [-0.2, 0) is 14.8 Å². The van der Waals surface area contributed by atoms with Crippen LogP contribution in [-0.4, -0.2) is 50.1 Å². The smallest absolute Gasteiger partial charge is 0.349 e. The van der Waals surface area contributed by atoms with E-state index in [1.54, 1.807) is 12.3 Å². The van der Waals surface area contributed by atoms with Crippen LogP contribution in [0, 0.1) is 5.92 Å². The van der Waals surface area contributed by atoms with Crippen LogP contribution in [0.2, 0.25) is 0 Å². The zero-order valence-electron chi connectivity index (χ0n) is 11.3. The van der Waals surface area contributed by atoms with Gasteiger partial charge >= 0.3 is 5.97 Å². The summed E-state index contributed by atoms with van der Waals surface area (Å²) in [6, 6.07) is 1.42. The molecular weight excluding hydrogens is 302 g/mol. The fraction of sp³-hybridized carbons (Fsp3) is 0.583. The molecule has 1 saturated heterocycles. The summed E-state index contributed by atoms with van der Waals surface area (Å²) in [5.74, 6) is -0.776. The van der Waals surface area contributed by atoms with Crippen LogP contribution in [0.3, 0.4) is 0 Å². The van der Waals surface area contributed by atoms with E-state index in [1.165, 1.54) is 17.5 Å². The van der Waals surface area contributed by atoms with E-state index in [1.807, 2.05) is 0 Å². The van der Waals surface area contributed by atoms with Crippen molar-refractivity contribution in [1.29, 1.82) is 0 Å². The summed E-state index contributed by atoms with van der Waals surface area (Å²) >= 11 is 1.04. The van der Waals surface area contributed by atoms with Crippen LogP contribution < -0.4 is 0 Å².